The first-order valence-electron chi connectivity index (χ1n) is 5.67. The molecule has 1 aliphatic rings. The van der Waals surface area contributed by atoms with Crippen LogP contribution in [0.15, 0.2) is 22.3 Å². The van der Waals surface area contributed by atoms with E-state index in [9.17, 15) is 9.59 Å². The van der Waals surface area contributed by atoms with E-state index in [-0.39, 0.29) is 15.9 Å². The summed E-state index contributed by atoms with van der Waals surface area (Å²) in [6, 6.07) is 0. The number of carbonyl (C=O) groups is 2. The molecule has 0 aromatic carbocycles. The van der Waals surface area contributed by atoms with Gasteiger partial charge in [0.05, 0.1) is 5.03 Å². The van der Waals surface area contributed by atoms with Gasteiger partial charge < -0.3 is 0 Å². The number of halogens is 1. The van der Waals surface area contributed by atoms with Gasteiger partial charge in [0, 0.05) is 5.57 Å². The lowest BCUT2D eigenvalue weighted by atomic mass is 9.74. The fourth-order valence-electron chi connectivity index (χ4n) is 1.72. The number of rotatable bonds is 0. The minimum atomic E-state index is -0.580. The maximum absolute atomic E-state index is 11.9. The average molecular weight is 255 g/mol. The fourth-order valence-corrected chi connectivity index (χ4v) is 2.14. The maximum Gasteiger partial charge on any atom is 0.244 e. The first kappa shape index (κ1) is 14.2. The second-order valence-electron chi connectivity index (χ2n) is 6.44. The van der Waals surface area contributed by atoms with Crippen molar-refractivity contribution in [3.8, 4) is 0 Å². The summed E-state index contributed by atoms with van der Waals surface area (Å²) in [5, 5.41) is 0.0653. The van der Waals surface area contributed by atoms with Crippen LogP contribution in [0.4, 0.5) is 0 Å². The lowest BCUT2D eigenvalue weighted by Gasteiger charge is -2.30. The number of ketones is 2. The van der Waals surface area contributed by atoms with Gasteiger partial charge in [-0.3, -0.25) is 9.59 Å². The Balaban J connectivity index is 3.46. The zero-order chi connectivity index (χ0) is 13.6. The van der Waals surface area contributed by atoms with E-state index in [0.29, 0.717) is 5.57 Å². The summed E-state index contributed by atoms with van der Waals surface area (Å²) in [5.41, 5.74) is 0.690. The van der Waals surface area contributed by atoms with Gasteiger partial charge in [0.15, 0.2) is 0 Å². The summed E-state index contributed by atoms with van der Waals surface area (Å²) in [7, 11) is 0. The van der Waals surface area contributed by atoms with E-state index in [0.717, 1.165) is 5.57 Å². The highest BCUT2D eigenvalue weighted by molar-refractivity contribution is 6.62. The largest absolute Gasteiger partial charge is 0.285 e. The van der Waals surface area contributed by atoms with Crippen LogP contribution in [0.25, 0.3) is 0 Å². The van der Waals surface area contributed by atoms with Crippen molar-refractivity contribution in [3.05, 3.63) is 22.3 Å². The van der Waals surface area contributed by atoms with Gasteiger partial charge in [-0.2, -0.15) is 0 Å². The number of hydrogen-bond acceptors (Lipinski definition) is 2. The van der Waals surface area contributed by atoms with E-state index < -0.39 is 11.6 Å². The van der Waals surface area contributed by atoms with Gasteiger partial charge in [-0.25, -0.2) is 0 Å². The molecule has 94 valence electrons. The first-order valence-corrected chi connectivity index (χ1v) is 6.05. The molecule has 0 unspecified atom stereocenters. The molecule has 0 amide bonds. The molecule has 0 aliphatic heterocycles. The Morgan fingerprint density at radius 3 is 1.71 bits per heavy atom. The van der Waals surface area contributed by atoms with Gasteiger partial charge in [0.1, 0.15) is 0 Å². The number of hydrogen-bond donors (Lipinski definition) is 0. The highest BCUT2D eigenvalue weighted by Crippen LogP contribution is 2.39. The molecule has 1 aliphatic carbocycles. The van der Waals surface area contributed by atoms with Crippen molar-refractivity contribution in [1.82, 2.24) is 0 Å². The van der Waals surface area contributed by atoms with Crippen molar-refractivity contribution in [1.29, 1.82) is 0 Å². The molecular weight excluding hydrogens is 236 g/mol. The quantitative estimate of drug-likeness (QED) is 0.488. The Hall–Kier alpha value is -0.890. The first-order chi connectivity index (χ1) is 7.46. The summed E-state index contributed by atoms with van der Waals surface area (Å²) in [4.78, 5) is 23.8. The molecule has 1 rings (SSSR count). The molecule has 0 N–H and O–H groups in total. The van der Waals surface area contributed by atoms with Crippen molar-refractivity contribution >= 4 is 23.2 Å². The monoisotopic (exact) mass is 254 g/mol. The van der Waals surface area contributed by atoms with E-state index >= 15 is 0 Å². The Morgan fingerprint density at radius 1 is 0.882 bits per heavy atom. The normalized spacial score (nSPS) is 18.6. The highest BCUT2D eigenvalue weighted by Gasteiger charge is 2.37. The molecule has 0 bridgehead atoms. The summed E-state index contributed by atoms with van der Waals surface area (Å²) >= 11 is 5.99. The van der Waals surface area contributed by atoms with E-state index in [1.807, 2.05) is 41.5 Å². The van der Waals surface area contributed by atoms with E-state index in [4.69, 9.17) is 11.6 Å². The summed E-state index contributed by atoms with van der Waals surface area (Å²) in [6.45, 7) is 11.7. The zero-order valence-corrected chi connectivity index (χ0v) is 12.0. The summed E-state index contributed by atoms with van der Waals surface area (Å²) < 4.78 is 0. The zero-order valence-electron chi connectivity index (χ0n) is 11.3. The topological polar surface area (TPSA) is 34.1 Å². The Bertz CT molecular complexity index is 440. The van der Waals surface area contributed by atoms with Crippen molar-refractivity contribution in [2.75, 3.05) is 0 Å². The van der Waals surface area contributed by atoms with Crippen LogP contribution in [0.5, 0.6) is 0 Å². The molecule has 0 radical (unpaired) electrons. The third-order valence-corrected chi connectivity index (χ3v) is 3.17. The minimum absolute atomic E-state index is 0.0653. The third-order valence-electron chi connectivity index (χ3n) is 2.79. The second-order valence-corrected chi connectivity index (χ2v) is 6.82. The van der Waals surface area contributed by atoms with Crippen molar-refractivity contribution in [3.63, 3.8) is 0 Å². The van der Waals surface area contributed by atoms with Gasteiger partial charge in [0.25, 0.3) is 0 Å². The van der Waals surface area contributed by atoms with Crippen LogP contribution in [0.1, 0.15) is 41.5 Å². The van der Waals surface area contributed by atoms with Crippen LogP contribution >= 0.6 is 11.6 Å². The van der Waals surface area contributed by atoms with Gasteiger partial charge in [-0.15, -0.1) is 0 Å². The smallest absolute Gasteiger partial charge is 0.244 e. The molecule has 0 saturated carbocycles. The highest BCUT2D eigenvalue weighted by atomic mass is 35.5. The van der Waals surface area contributed by atoms with Crippen LogP contribution in [-0.2, 0) is 9.59 Å². The standard InChI is InChI=1S/C14H19ClO2/c1-13(2,3)8-7-9(14(4,5)6)11(16)12(17)10(8)15/h7H,1-6H3. The summed E-state index contributed by atoms with van der Waals surface area (Å²) in [5.74, 6) is -1.06. The van der Waals surface area contributed by atoms with Gasteiger partial charge >= 0.3 is 0 Å². The minimum Gasteiger partial charge on any atom is -0.285 e. The van der Waals surface area contributed by atoms with Gasteiger partial charge in [-0.1, -0.05) is 53.1 Å². The van der Waals surface area contributed by atoms with Crippen LogP contribution in [-0.4, -0.2) is 11.6 Å². The molecule has 0 atom stereocenters. The maximum atomic E-state index is 11.9. The molecule has 0 saturated heterocycles. The van der Waals surface area contributed by atoms with Gasteiger partial charge in [0.2, 0.25) is 11.6 Å². The SMILES string of the molecule is CC(C)(C)C1=CC(C(C)(C)C)=C(Cl)C(=O)C1=O. The molecule has 0 aromatic heterocycles. The van der Waals surface area contributed by atoms with E-state index in [2.05, 4.69) is 0 Å². The predicted molar refractivity (Wildman–Crippen MR) is 69.9 cm³/mol. The van der Waals surface area contributed by atoms with Crippen LogP contribution < -0.4 is 0 Å². The molecule has 2 nitrogen and oxygen atoms in total. The lowest BCUT2D eigenvalue weighted by molar-refractivity contribution is -0.132. The third kappa shape index (κ3) is 2.68. The Labute approximate surface area is 108 Å². The van der Waals surface area contributed by atoms with E-state index in [1.54, 1.807) is 6.08 Å². The van der Waals surface area contributed by atoms with Crippen LogP contribution in [0.3, 0.4) is 0 Å². The van der Waals surface area contributed by atoms with Crippen molar-refractivity contribution < 1.29 is 9.59 Å². The Morgan fingerprint density at radius 2 is 1.35 bits per heavy atom. The molecule has 3 heteroatoms. The summed E-state index contributed by atoms with van der Waals surface area (Å²) in [6.07, 6.45) is 1.78. The van der Waals surface area contributed by atoms with Crippen LogP contribution in [0.2, 0.25) is 0 Å². The van der Waals surface area contributed by atoms with Crippen molar-refractivity contribution in [2.45, 2.75) is 41.5 Å². The second kappa shape index (κ2) is 4.09. The van der Waals surface area contributed by atoms with E-state index in [1.165, 1.54) is 0 Å². The predicted octanol–water partition coefficient (Wildman–Crippen LogP) is 3.65. The molecule has 0 aromatic rings. The molecule has 0 fully saturated rings. The lowest BCUT2D eigenvalue weighted by Crippen LogP contribution is -2.30. The molecular formula is C14H19ClO2. The number of Topliss-reactive ketones (excluding diaryl/α,β-unsaturated/α-hetero) is 2. The van der Waals surface area contributed by atoms with Crippen molar-refractivity contribution in [2.24, 2.45) is 10.8 Å². The number of carbonyl (C=O) groups excluding carboxylic acids is 2. The molecule has 0 heterocycles. The van der Waals surface area contributed by atoms with Crippen LogP contribution in [0, 0.1) is 10.8 Å². The van der Waals surface area contributed by atoms with Gasteiger partial charge in [-0.05, 0) is 22.5 Å². The average Bonchev–Trinajstić information content (AvgIpc) is 2.10. The number of allylic oxidation sites excluding steroid dienone is 4. The fraction of sp³-hybridized carbons (Fsp3) is 0.571. The molecule has 0 spiro atoms. The Kier molecular flexibility index (Phi) is 3.41. The molecule has 17 heavy (non-hydrogen) atoms.